The number of carbonyl (C=O) groups excluding carboxylic acids is 2. The van der Waals surface area contributed by atoms with Gasteiger partial charge in [0, 0.05) is 49.9 Å². The van der Waals surface area contributed by atoms with Crippen LogP contribution in [0.25, 0.3) is 14.5 Å². The lowest BCUT2D eigenvalue weighted by Gasteiger charge is -2.61. The molecular weight excluding hydrogens is 841 g/mol. The van der Waals surface area contributed by atoms with E-state index in [1.54, 1.807) is 12.5 Å². The van der Waals surface area contributed by atoms with Gasteiger partial charge in [-0.1, -0.05) is 45.1 Å². The molecule has 4 saturated carbocycles. The van der Waals surface area contributed by atoms with E-state index in [0.717, 1.165) is 72.8 Å². The molecule has 66 heavy (non-hydrogen) atoms. The smallest absolute Gasteiger partial charge is 0.472 e. The number of rotatable bonds is 7. The number of aliphatic hydroxyl groups is 1. The number of esters is 2. The van der Waals surface area contributed by atoms with E-state index in [9.17, 15) is 20.0 Å². The van der Waals surface area contributed by atoms with Crippen LogP contribution in [-0.4, -0.2) is 79.0 Å². The number of nitrogens with zero attached hydrogens (tertiary/aromatic N) is 4. The fraction of sp³-hybridized carbons (Fsp3) is 0.654. The number of carbonyl (C=O) groups is 2. The van der Waals surface area contributed by atoms with Crippen molar-refractivity contribution in [3.05, 3.63) is 106 Å². The Labute approximate surface area is 389 Å². The molecule has 0 radical (unpaired) electrons. The normalized spacial score (nSPS) is 34.7. The third kappa shape index (κ3) is 9.16. The minimum atomic E-state index is -1.06. The molecule has 1 aromatic heterocycles. The van der Waals surface area contributed by atoms with Gasteiger partial charge in [0.1, 0.15) is 24.7 Å². The van der Waals surface area contributed by atoms with Crippen molar-refractivity contribution in [2.24, 2.45) is 34.5 Å². The molecule has 1 N–H and O–H groups in total. The number of allylic oxidation sites excluding steroid dienone is 2. The van der Waals surface area contributed by atoms with E-state index in [1.807, 2.05) is 18.2 Å². The number of furan rings is 1. The second-order valence-corrected chi connectivity index (χ2v) is 20.2. The molecule has 1 aromatic rings. The predicted octanol–water partition coefficient (Wildman–Crippen LogP) is 9.41. The third-order valence-electron chi connectivity index (χ3n) is 16.1. The Morgan fingerprint density at radius 3 is 2.36 bits per heavy atom. The number of aryl methyl sites for hydroxylation is 1. The first-order valence-corrected chi connectivity index (χ1v) is 23.4. The summed E-state index contributed by atoms with van der Waals surface area (Å²) in [6.45, 7) is 40.3. The molecule has 9 rings (SSSR count). The zero-order valence-electron chi connectivity index (χ0n) is 39.0. The van der Waals surface area contributed by atoms with Gasteiger partial charge in [0.2, 0.25) is 0 Å². The van der Waals surface area contributed by atoms with Gasteiger partial charge in [0.25, 0.3) is 5.70 Å². The molecule has 0 aromatic carbocycles. The Bertz CT molecular complexity index is 2250. The highest BCUT2D eigenvalue weighted by Gasteiger charge is 2.71. The Morgan fingerprint density at radius 2 is 1.74 bits per heavy atom. The van der Waals surface area contributed by atoms with E-state index in [1.165, 1.54) is 6.92 Å². The van der Waals surface area contributed by atoms with Crippen LogP contribution in [0.15, 0.2) is 70.2 Å². The molecule has 5 aliphatic carbocycles. The fourth-order valence-corrected chi connectivity index (χ4v) is 13.0. The first-order valence-electron chi connectivity index (χ1n) is 23.4. The summed E-state index contributed by atoms with van der Waals surface area (Å²) in [5, 5.41) is 21.0. The average Bonchev–Trinajstić information content (AvgIpc) is 4.12. The van der Waals surface area contributed by atoms with Gasteiger partial charge in [-0.25, -0.2) is 32.9 Å². The van der Waals surface area contributed by atoms with E-state index < -0.39 is 28.3 Å². The van der Waals surface area contributed by atoms with Crippen molar-refractivity contribution < 1.29 is 47.5 Å². The van der Waals surface area contributed by atoms with Crippen LogP contribution in [0.5, 0.6) is 0 Å². The van der Waals surface area contributed by atoms with E-state index in [0.29, 0.717) is 71.4 Å². The van der Waals surface area contributed by atoms with Gasteiger partial charge < -0.3 is 37.9 Å². The summed E-state index contributed by atoms with van der Waals surface area (Å²) in [5.41, 5.74) is 2.26. The minimum Gasteiger partial charge on any atom is -0.472 e. The minimum absolute atomic E-state index is 0.0306. The SMILES string of the molecule is C[C@@H]1C[C@H]2OC(=O)[C@@]3(C)CCC[C@@](C)([C@@H]23)[C@@]1(O)CCc1ccoc1.[C-]#[N+]/C(C#N)=C1\CCC2(CC1CC(=C)COC(C)=O)OCCO2.[C-]#[N+]C1([N+]#[C-])CC(=C)CC2CC3(CC=C21)OCCO3. The molecule has 3 saturated heterocycles. The molecule has 2 unspecified atom stereocenters. The number of hydrogen-bond acceptors (Lipinski definition) is 11. The first kappa shape index (κ1) is 48.9. The number of nitriles is 1. The second-order valence-electron chi connectivity index (χ2n) is 20.2. The summed E-state index contributed by atoms with van der Waals surface area (Å²) in [5.74, 6) is -1.19. The van der Waals surface area contributed by atoms with Gasteiger partial charge in [-0.15, -0.1) is 0 Å². The van der Waals surface area contributed by atoms with Crippen molar-refractivity contribution in [1.82, 2.24) is 0 Å². The maximum atomic E-state index is 12.6. The van der Waals surface area contributed by atoms with Crippen molar-refractivity contribution in [2.75, 3.05) is 33.0 Å². The molecule has 14 nitrogen and oxygen atoms in total. The Kier molecular flexibility index (Phi) is 14.3. The second kappa shape index (κ2) is 19.3. The average molecular weight is 905 g/mol. The van der Waals surface area contributed by atoms with Crippen LogP contribution in [0.3, 0.4) is 0 Å². The van der Waals surface area contributed by atoms with Crippen molar-refractivity contribution in [3.8, 4) is 6.07 Å². The highest BCUT2D eigenvalue weighted by molar-refractivity contribution is 5.80. The van der Waals surface area contributed by atoms with E-state index in [2.05, 4.69) is 48.5 Å². The largest absolute Gasteiger partial charge is 0.509 e. The van der Waals surface area contributed by atoms with Crippen LogP contribution in [0, 0.1) is 65.5 Å². The standard InChI is InChI=1S/C20H28O4.C17H20N2O4.C15H16N2O2/c1-13-11-15-16-18(2,17(21)24-15)7-4-8-19(16,3)20(13,22)9-5-14-6-10-23-12-14;1-12(11-21-13(2)20)8-14-9-17(22-6-7-23-17)5-4-15(14)16(10-18)19-3;1-11-8-12-10-14(18-6-7-19-14)5-4-13(12)15(9-11,16-2)17-3/h6,10,12-13,15-16,22H,4-5,7-9,11H2,1-3H3;14H,1,4-9,11H2,2H3;4,12H,1,5-10H2/b;16-15+;/t13-,15-,16+,18+,19+,20-;;/m1../s1. The molecule has 352 valence electrons. The van der Waals surface area contributed by atoms with Gasteiger partial charge in [0.05, 0.1) is 62.6 Å². The first-order chi connectivity index (χ1) is 31.4. The number of fused-ring (bicyclic) bond motifs is 1. The van der Waals surface area contributed by atoms with Crippen LogP contribution in [0.4, 0.5) is 0 Å². The van der Waals surface area contributed by atoms with Crippen LogP contribution in [0.2, 0.25) is 0 Å². The van der Waals surface area contributed by atoms with Crippen LogP contribution in [-0.2, 0) is 44.4 Å². The van der Waals surface area contributed by atoms with Gasteiger partial charge in [0.15, 0.2) is 11.6 Å². The summed E-state index contributed by atoms with van der Waals surface area (Å²) >= 11 is 0. The lowest BCUT2D eigenvalue weighted by atomic mass is 9.44. The molecule has 0 bridgehead atoms. The molecule has 3 aliphatic heterocycles. The lowest BCUT2D eigenvalue weighted by Crippen LogP contribution is -2.65. The zero-order valence-corrected chi connectivity index (χ0v) is 39.0. The molecule has 14 heteroatoms. The molecule has 2 spiro atoms. The molecule has 8 atom stereocenters. The quantitative estimate of drug-likeness (QED) is 0.120. The van der Waals surface area contributed by atoms with Crippen LogP contribution < -0.4 is 0 Å². The van der Waals surface area contributed by atoms with E-state index in [-0.39, 0.29) is 59.4 Å². The summed E-state index contributed by atoms with van der Waals surface area (Å²) < 4.78 is 39.0. The highest BCUT2D eigenvalue weighted by Crippen LogP contribution is 2.67. The van der Waals surface area contributed by atoms with E-state index >= 15 is 0 Å². The number of hydrogen-bond donors (Lipinski definition) is 1. The maximum Gasteiger partial charge on any atom is 0.509 e. The summed E-state index contributed by atoms with van der Waals surface area (Å²) in [6, 6.07) is 3.95. The zero-order chi connectivity index (χ0) is 47.5. The Morgan fingerprint density at radius 1 is 1.05 bits per heavy atom. The molecular formula is C52H64N4O10. The Hall–Kier alpha value is -5.06. The van der Waals surface area contributed by atoms with Crippen LogP contribution in [0.1, 0.15) is 117 Å². The van der Waals surface area contributed by atoms with Crippen molar-refractivity contribution in [1.29, 1.82) is 5.26 Å². The highest BCUT2D eigenvalue weighted by atomic mass is 16.7. The van der Waals surface area contributed by atoms with Crippen LogP contribution >= 0.6 is 0 Å². The molecule has 4 heterocycles. The van der Waals surface area contributed by atoms with Gasteiger partial charge in [-0.2, -0.15) is 0 Å². The predicted molar refractivity (Wildman–Crippen MR) is 241 cm³/mol. The lowest BCUT2D eigenvalue weighted by molar-refractivity contribution is -0.217. The third-order valence-corrected chi connectivity index (χ3v) is 16.1. The van der Waals surface area contributed by atoms with Crippen molar-refractivity contribution in [2.45, 2.75) is 147 Å². The van der Waals surface area contributed by atoms with Gasteiger partial charge in [-0.3, -0.25) is 9.59 Å². The summed E-state index contributed by atoms with van der Waals surface area (Å²) in [4.78, 5) is 34.1. The fourth-order valence-electron chi connectivity index (χ4n) is 13.0. The molecule has 0 amide bonds. The Balaban J connectivity index is 0.000000148. The topological polar surface area (TPSA) is 160 Å². The summed E-state index contributed by atoms with van der Waals surface area (Å²) in [6.07, 6.45) is 15.6. The number of ether oxygens (including phenoxy) is 6. The monoisotopic (exact) mass is 904 g/mol. The molecule has 7 fully saturated rings. The summed E-state index contributed by atoms with van der Waals surface area (Å²) in [7, 11) is 0. The molecule has 8 aliphatic rings. The van der Waals surface area contributed by atoms with Crippen molar-refractivity contribution >= 4 is 11.9 Å². The van der Waals surface area contributed by atoms with Gasteiger partial charge in [-0.05, 0) is 92.9 Å². The van der Waals surface area contributed by atoms with Gasteiger partial charge >= 0.3 is 17.6 Å². The van der Waals surface area contributed by atoms with E-state index in [4.69, 9.17) is 52.6 Å². The maximum absolute atomic E-state index is 12.6. The van der Waals surface area contributed by atoms with Crippen molar-refractivity contribution in [3.63, 3.8) is 0 Å².